The van der Waals surface area contributed by atoms with Gasteiger partial charge in [-0.3, -0.25) is 14.4 Å². The topological polar surface area (TPSA) is 84.5 Å². The predicted octanol–water partition coefficient (Wildman–Crippen LogP) is 5.51. The molecule has 0 saturated heterocycles. The van der Waals surface area contributed by atoms with Crippen molar-refractivity contribution in [3.05, 3.63) is 100 Å². The van der Waals surface area contributed by atoms with Gasteiger partial charge in [0.1, 0.15) is 5.70 Å². The van der Waals surface area contributed by atoms with Gasteiger partial charge in [-0.15, -0.1) is 11.8 Å². The van der Waals surface area contributed by atoms with E-state index in [0.717, 1.165) is 14.9 Å². The first-order valence-electron chi connectivity index (χ1n) is 10.5. The van der Waals surface area contributed by atoms with Crippen molar-refractivity contribution in [3.8, 4) is 0 Å². The lowest BCUT2D eigenvalue weighted by Gasteiger charge is -2.12. The van der Waals surface area contributed by atoms with E-state index in [1.807, 2.05) is 36.4 Å². The standard InChI is InChI=1S/C26H23BrN2O4S/c1-2-33-24(30)17-34-22-13-7-12-21(16-22)28-26(32)23(15-18-8-6-11-20(27)14-18)29-25(31)19-9-4-3-5-10-19/h3-16H,2,17H2,1H3,(H,28,32)(H,29,31)/b23-15+. The highest BCUT2D eigenvalue weighted by molar-refractivity contribution is 9.10. The van der Waals surface area contributed by atoms with Gasteiger partial charge in [0, 0.05) is 20.6 Å². The Kier molecular flexibility index (Phi) is 9.49. The third-order valence-electron chi connectivity index (χ3n) is 4.44. The molecule has 0 bridgehead atoms. The van der Waals surface area contributed by atoms with Gasteiger partial charge in [0.25, 0.3) is 11.8 Å². The van der Waals surface area contributed by atoms with E-state index in [-0.39, 0.29) is 17.4 Å². The third kappa shape index (κ3) is 7.90. The fourth-order valence-electron chi connectivity index (χ4n) is 2.91. The van der Waals surface area contributed by atoms with E-state index in [1.54, 1.807) is 55.5 Å². The van der Waals surface area contributed by atoms with E-state index >= 15 is 0 Å². The summed E-state index contributed by atoms with van der Waals surface area (Å²) in [5.41, 5.74) is 1.81. The Morgan fingerprint density at radius 2 is 1.74 bits per heavy atom. The molecule has 2 amide bonds. The van der Waals surface area contributed by atoms with Gasteiger partial charge in [-0.1, -0.05) is 52.3 Å². The molecule has 6 nitrogen and oxygen atoms in total. The maximum Gasteiger partial charge on any atom is 0.316 e. The Labute approximate surface area is 210 Å². The van der Waals surface area contributed by atoms with Gasteiger partial charge in [-0.25, -0.2) is 0 Å². The zero-order chi connectivity index (χ0) is 24.3. The molecular formula is C26H23BrN2O4S. The van der Waals surface area contributed by atoms with Crippen LogP contribution in [-0.2, 0) is 14.3 Å². The number of ether oxygens (including phenoxy) is 1. The zero-order valence-corrected chi connectivity index (χ0v) is 20.8. The molecule has 2 N–H and O–H groups in total. The minimum absolute atomic E-state index is 0.0940. The maximum atomic E-state index is 13.1. The van der Waals surface area contributed by atoms with Crippen LogP contribution >= 0.6 is 27.7 Å². The number of carbonyl (C=O) groups is 3. The molecule has 0 unspecified atom stereocenters. The van der Waals surface area contributed by atoms with Crippen LogP contribution in [0.4, 0.5) is 5.69 Å². The number of amides is 2. The van der Waals surface area contributed by atoms with Crippen molar-refractivity contribution in [2.24, 2.45) is 0 Å². The van der Waals surface area contributed by atoms with Gasteiger partial charge in [-0.05, 0) is 61.0 Å². The predicted molar refractivity (Wildman–Crippen MR) is 138 cm³/mol. The maximum absolute atomic E-state index is 13.1. The second-order valence-corrected chi connectivity index (χ2v) is 8.97. The molecule has 3 aromatic carbocycles. The van der Waals surface area contributed by atoms with Crippen LogP contribution < -0.4 is 10.6 Å². The van der Waals surface area contributed by atoms with Gasteiger partial charge in [0.05, 0.1) is 12.4 Å². The van der Waals surface area contributed by atoms with Crippen LogP contribution in [0.25, 0.3) is 6.08 Å². The Balaban J connectivity index is 1.79. The Morgan fingerprint density at radius 1 is 0.971 bits per heavy atom. The molecule has 0 radical (unpaired) electrons. The summed E-state index contributed by atoms with van der Waals surface area (Å²) >= 11 is 4.74. The number of benzene rings is 3. The lowest BCUT2D eigenvalue weighted by Crippen LogP contribution is -2.30. The number of anilines is 1. The zero-order valence-electron chi connectivity index (χ0n) is 18.4. The first kappa shape index (κ1) is 25.3. The highest BCUT2D eigenvalue weighted by atomic mass is 79.9. The van der Waals surface area contributed by atoms with Crippen LogP contribution in [0.1, 0.15) is 22.8 Å². The van der Waals surface area contributed by atoms with E-state index in [2.05, 4.69) is 26.6 Å². The van der Waals surface area contributed by atoms with Gasteiger partial charge < -0.3 is 15.4 Å². The van der Waals surface area contributed by atoms with E-state index in [0.29, 0.717) is 17.9 Å². The number of hydrogen-bond acceptors (Lipinski definition) is 5. The normalized spacial score (nSPS) is 10.9. The number of hydrogen-bond donors (Lipinski definition) is 2. The fourth-order valence-corrected chi connectivity index (χ4v) is 4.08. The molecule has 0 heterocycles. The molecule has 0 saturated carbocycles. The monoisotopic (exact) mass is 538 g/mol. The average Bonchev–Trinajstić information content (AvgIpc) is 2.83. The van der Waals surface area contributed by atoms with E-state index in [1.165, 1.54) is 11.8 Å². The minimum Gasteiger partial charge on any atom is -0.465 e. The van der Waals surface area contributed by atoms with Gasteiger partial charge in [-0.2, -0.15) is 0 Å². The molecule has 34 heavy (non-hydrogen) atoms. The van der Waals surface area contributed by atoms with Crippen molar-refractivity contribution in [2.45, 2.75) is 11.8 Å². The van der Waals surface area contributed by atoms with Crippen molar-refractivity contribution < 1.29 is 19.1 Å². The molecule has 0 aliphatic carbocycles. The number of esters is 1. The Hall–Kier alpha value is -3.36. The SMILES string of the molecule is CCOC(=O)CSc1cccc(NC(=O)/C(=C\c2cccc(Br)c2)NC(=O)c2ccccc2)c1. The molecule has 0 fully saturated rings. The molecule has 0 atom stereocenters. The summed E-state index contributed by atoms with van der Waals surface area (Å²) in [5, 5.41) is 5.54. The lowest BCUT2D eigenvalue weighted by atomic mass is 10.1. The van der Waals surface area contributed by atoms with Crippen LogP contribution in [0.2, 0.25) is 0 Å². The number of nitrogens with one attached hydrogen (secondary N) is 2. The first-order valence-corrected chi connectivity index (χ1v) is 12.3. The van der Waals surface area contributed by atoms with E-state index < -0.39 is 11.8 Å². The quantitative estimate of drug-likeness (QED) is 0.213. The largest absolute Gasteiger partial charge is 0.465 e. The van der Waals surface area contributed by atoms with Crippen LogP contribution in [0, 0.1) is 0 Å². The Bertz CT molecular complexity index is 1200. The summed E-state index contributed by atoms with van der Waals surface area (Å²) in [6, 6.07) is 23.2. The smallest absolute Gasteiger partial charge is 0.316 e. The summed E-state index contributed by atoms with van der Waals surface area (Å²) in [6.07, 6.45) is 1.61. The second-order valence-electron chi connectivity index (χ2n) is 7.01. The molecule has 3 aromatic rings. The summed E-state index contributed by atoms with van der Waals surface area (Å²) in [6.45, 7) is 2.09. The molecule has 0 spiro atoms. The number of halogens is 1. The number of thioether (sulfide) groups is 1. The highest BCUT2D eigenvalue weighted by Gasteiger charge is 2.15. The molecule has 0 aliphatic heterocycles. The molecule has 174 valence electrons. The van der Waals surface area contributed by atoms with Gasteiger partial charge in [0.15, 0.2) is 0 Å². The van der Waals surface area contributed by atoms with E-state index in [9.17, 15) is 14.4 Å². The van der Waals surface area contributed by atoms with Gasteiger partial charge >= 0.3 is 5.97 Å². The Morgan fingerprint density at radius 3 is 2.47 bits per heavy atom. The molecule has 8 heteroatoms. The van der Waals surface area contributed by atoms with Crippen molar-refractivity contribution in [3.63, 3.8) is 0 Å². The van der Waals surface area contributed by atoms with Crippen LogP contribution in [0.3, 0.4) is 0 Å². The summed E-state index contributed by atoms with van der Waals surface area (Å²) < 4.78 is 5.80. The van der Waals surface area contributed by atoms with Crippen LogP contribution in [-0.4, -0.2) is 30.1 Å². The van der Waals surface area contributed by atoms with Crippen molar-refractivity contribution >= 4 is 57.2 Å². The molecular weight excluding hydrogens is 516 g/mol. The number of carbonyl (C=O) groups excluding carboxylic acids is 3. The third-order valence-corrected chi connectivity index (χ3v) is 5.90. The van der Waals surface area contributed by atoms with Crippen LogP contribution in [0.15, 0.2) is 93.9 Å². The number of rotatable bonds is 9. The highest BCUT2D eigenvalue weighted by Crippen LogP contribution is 2.22. The van der Waals surface area contributed by atoms with Crippen molar-refractivity contribution in [1.82, 2.24) is 5.32 Å². The van der Waals surface area contributed by atoms with Crippen molar-refractivity contribution in [2.75, 3.05) is 17.7 Å². The summed E-state index contributed by atoms with van der Waals surface area (Å²) in [5.74, 6) is -0.996. The fraction of sp³-hybridized carbons (Fsp3) is 0.115. The van der Waals surface area contributed by atoms with E-state index in [4.69, 9.17) is 4.74 Å². The summed E-state index contributed by atoms with van der Waals surface area (Å²) in [4.78, 5) is 38.3. The summed E-state index contributed by atoms with van der Waals surface area (Å²) in [7, 11) is 0. The van der Waals surface area contributed by atoms with Crippen molar-refractivity contribution in [1.29, 1.82) is 0 Å². The average molecular weight is 539 g/mol. The second kappa shape index (κ2) is 12.8. The lowest BCUT2D eigenvalue weighted by molar-refractivity contribution is -0.139. The van der Waals surface area contributed by atoms with Gasteiger partial charge in [0.2, 0.25) is 0 Å². The minimum atomic E-state index is -0.475. The first-order chi connectivity index (χ1) is 16.4. The molecule has 3 rings (SSSR count). The molecule has 0 aliphatic rings. The molecule has 0 aromatic heterocycles. The van der Waals surface area contributed by atoms with Crippen LogP contribution in [0.5, 0.6) is 0 Å².